The Morgan fingerprint density at radius 2 is 1.91 bits per heavy atom. The lowest BCUT2D eigenvalue weighted by Gasteiger charge is -2.08. The van der Waals surface area contributed by atoms with Crippen molar-refractivity contribution in [1.82, 2.24) is 0 Å². The molecule has 0 radical (unpaired) electrons. The molecule has 5 heteroatoms. The zero-order chi connectivity index (χ0) is 16.4. The Bertz CT molecular complexity index is 925. The molecule has 0 bridgehead atoms. The molecule has 0 atom stereocenters. The van der Waals surface area contributed by atoms with E-state index in [9.17, 15) is 14.7 Å². The highest BCUT2D eigenvalue weighted by Crippen LogP contribution is 2.31. The number of aromatic hydroxyl groups is 1. The van der Waals surface area contributed by atoms with Gasteiger partial charge in [-0.2, -0.15) is 0 Å². The lowest BCUT2D eigenvalue weighted by atomic mass is 10.1. The van der Waals surface area contributed by atoms with Crippen molar-refractivity contribution in [1.29, 1.82) is 0 Å². The lowest BCUT2D eigenvalue weighted by molar-refractivity contribution is -0.118. The number of hydrogen-bond donors (Lipinski definition) is 1. The van der Waals surface area contributed by atoms with Crippen molar-refractivity contribution in [3.05, 3.63) is 58.8 Å². The highest BCUT2D eigenvalue weighted by molar-refractivity contribution is 5.86. The standard InChI is InChI=1S/C18H14O5/c1-11(19)10-22-13-7-14(20)18-15(21)9-16(23-17(18)8-13)12-5-3-2-4-6-12/h2-9,20H,10H2,1H3. The van der Waals surface area contributed by atoms with E-state index in [4.69, 9.17) is 9.15 Å². The molecular weight excluding hydrogens is 296 g/mol. The molecule has 23 heavy (non-hydrogen) atoms. The van der Waals surface area contributed by atoms with Gasteiger partial charge in [0.2, 0.25) is 0 Å². The van der Waals surface area contributed by atoms with Crippen LogP contribution >= 0.6 is 0 Å². The average Bonchev–Trinajstić information content (AvgIpc) is 2.53. The fourth-order valence-corrected chi connectivity index (χ4v) is 2.26. The van der Waals surface area contributed by atoms with Crippen molar-refractivity contribution >= 4 is 16.8 Å². The van der Waals surface area contributed by atoms with E-state index < -0.39 is 0 Å². The van der Waals surface area contributed by atoms with Crippen LogP contribution in [0.4, 0.5) is 0 Å². The van der Waals surface area contributed by atoms with E-state index in [0.29, 0.717) is 5.76 Å². The van der Waals surface area contributed by atoms with Gasteiger partial charge in [-0.15, -0.1) is 0 Å². The molecule has 0 aliphatic rings. The summed E-state index contributed by atoms with van der Waals surface area (Å²) >= 11 is 0. The van der Waals surface area contributed by atoms with Gasteiger partial charge in [0.25, 0.3) is 0 Å². The molecule has 0 aliphatic heterocycles. The Kier molecular flexibility index (Phi) is 3.85. The van der Waals surface area contributed by atoms with Crippen molar-refractivity contribution in [2.24, 2.45) is 0 Å². The summed E-state index contributed by atoms with van der Waals surface area (Å²) < 4.78 is 11.0. The van der Waals surface area contributed by atoms with Gasteiger partial charge in [0.05, 0.1) is 0 Å². The van der Waals surface area contributed by atoms with Crippen LogP contribution in [0.15, 0.2) is 57.7 Å². The first-order valence-corrected chi connectivity index (χ1v) is 7.03. The molecule has 0 saturated heterocycles. The van der Waals surface area contributed by atoms with Crippen LogP contribution < -0.4 is 10.2 Å². The van der Waals surface area contributed by atoms with Gasteiger partial charge in [-0.05, 0) is 6.92 Å². The number of rotatable bonds is 4. The van der Waals surface area contributed by atoms with Crippen molar-refractivity contribution in [3.63, 3.8) is 0 Å². The maximum atomic E-state index is 12.3. The molecule has 1 N–H and O–H groups in total. The molecule has 0 amide bonds. The number of carbonyl (C=O) groups is 1. The maximum Gasteiger partial charge on any atom is 0.197 e. The highest BCUT2D eigenvalue weighted by atomic mass is 16.5. The van der Waals surface area contributed by atoms with E-state index in [2.05, 4.69) is 0 Å². The Balaban J connectivity index is 2.14. The number of phenols is 1. The molecule has 1 aromatic heterocycles. The molecule has 3 aromatic rings. The topological polar surface area (TPSA) is 76.7 Å². The number of ether oxygens (including phenoxy) is 1. The van der Waals surface area contributed by atoms with Crippen molar-refractivity contribution in [3.8, 4) is 22.8 Å². The van der Waals surface area contributed by atoms with Crippen LogP contribution in [-0.4, -0.2) is 17.5 Å². The Hall–Kier alpha value is -3.08. The minimum absolute atomic E-state index is 0.0832. The normalized spacial score (nSPS) is 10.7. The molecule has 0 unspecified atom stereocenters. The summed E-state index contributed by atoms with van der Waals surface area (Å²) in [5, 5.41) is 10.1. The van der Waals surface area contributed by atoms with E-state index in [1.807, 2.05) is 30.3 Å². The first-order valence-electron chi connectivity index (χ1n) is 7.03. The van der Waals surface area contributed by atoms with E-state index in [1.54, 1.807) is 0 Å². The molecule has 2 aromatic carbocycles. The number of carbonyl (C=O) groups excluding carboxylic acids is 1. The van der Waals surface area contributed by atoms with Gasteiger partial charge >= 0.3 is 0 Å². The number of phenolic OH excluding ortho intramolecular Hbond substituents is 1. The largest absolute Gasteiger partial charge is 0.507 e. The second kappa shape index (κ2) is 5.96. The highest BCUT2D eigenvalue weighted by Gasteiger charge is 2.13. The zero-order valence-corrected chi connectivity index (χ0v) is 12.4. The summed E-state index contributed by atoms with van der Waals surface area (Å²) in [7, 11) is 0. The summed E-state index contributed by atoms with van der Waals surface area (Å²) in [6.07, 6.45) is 0. The molecule has 116 valence electrons. The van der Waals surface area contributed by atoms with Crippen molar-refractivity contribution in [2.75, 3.05) is 6.61 Å². The van der Waals surface area contributed by atoms with Crippen LogP contribution in [0.25, 0.3) is 22.3 Å². The van der Waals surface area contributed by atoms with E-state index in [0.717, 1.165) is 5.56 Å². The van der Waals surface area contributed by atoms with Gasteiger partial charge in [0, 0.05) is 23.8 Å². The summed E-state index contributed by atoms with van der Waals surface area (Å²) in [5.41, 5.74) is 0.608. The van der Waals surface area contributed by atoms with E-state index in [-0.39, 0.29) is 40.3 Å². The third kappa shape index (κ3) is 3.08. The molecule has 0 aliphatic carbocycles. The van der Waals surface area contributed by atoms with Gasteiger partial charge in [-0.25, -0.2) is 0 Å². The molecule has 0 fully saturated rings. The van der Waals surface area contributed by atoms with Gasteiger partial charge in [0.15, 0.2) is 11.2 Å². The second-order valence-corrected chi connectivity index (χ2v) is 5.15. The lowest BCUT2D eigenvalue weighted by Crippen LogP contribution is -2.07. The van der Waals surface area contributed by atoms with E-state index in [1.165, 1.54) is 25.1 Å². The summed E-state index contributed by atoms with van der Waals surface area (Å²) in [5.74, 6) is 0.267. The molecule has 1 heterocycles. The Morgan fingerprint density at radius 3 is 2.61 bits per heavy atom. The number of fused-ring (bicyclic) bond motifs is 1. The minimum Gasteiger partial charge on any atom is -0.507 e. The predicted octanol–water partition coefficient (Wildman–Crippen LogP) is 3.13. The molecule has 3 rings (SSSR count). The summed E-state index contributed by atoms with van der Waals surface area (Å²) in [4.78, 5) is 23.3. The molecular formula is C18H14O5. The monoisotopic (exact) mass is 310 g/mol. The van der Waals surface area contributed by atoms with Gasteiger partial charge < -0.3 is 14.3 Å². The third-order valence-electron chi connectivity index (χ3n) is 3.28. The van der Waals surface area contributed by atoms with E-state index >= 15 is 0 Å². The van der Waals surface area contributed by atoms with Crippen molar-refractivity contribution < 1.29 is 19.1 Å². The Labute approximate surface area is 131 Å². The number of Topliss-reactive ketones (excluding diaryl/α,β-unsaturated/α-hetero) is 1. The zero-order valence-electron chi connectivity index (χ0n) is 12.4. The minimum atomic E-state index is -0.347. The smallest absolute Gasteiger partial charge is 0.197 e. The quantitative estimate of drug-likeness (QED) is 0.801. The molecule has 0 spiro atoms. The first-order chi connectivity index (χ1) is 11.0. The molecule has 5 nitrogen and oxygen atoms in total. The van der Waals surface area contributed by atoms with Gasteiger partial charge in [-0.1, -0.05) is 30.3 Å². The van der Waals surface area contributed by atoms with Gasteiger partial charge in [-0.3, -0.25) is 9.59 Å². The van der Waals surface area contributed by atoms with Crippen LogP contribution in [0.2, 0.25) is 0 Å². The van der Waals surface area contributed by atoms with Crippen LogP contribution in [-0.2, 0) is 4.79 Å². The summed E-state index contributed by atoms with van der Waals surface area (Å²) in [6.45, 7) is 1.28. The third-order valence-corrected chi connectivity index (χ3v) is 3.28. The first kappa shape index (κ1) is 14.8. The second-order valence-electron chi connectivity index (χ2n) is 5.15. The van der Waals surface area contributed by atoms with Crippen LogP contribution in [0.5, 0.6) is 11.5 Å². The fourth-order valence-electron chi connectivity index (χ4n) is 2.26. The number of ketones is 1. The Morgan fingerprint density at radius 1 is 1.17 bits per heavy atom. The van der Waals surface area contributed by atoms with Crippen LogP contribution in [0, 0.1) is 0 Å². The van der Waals surface area contributed by atoms with Crippen LogP contribution in [0.1, 0.15) is 6.92 Å². The predicted molar refractivity (Wildman–Crippen MR) is 85.8 cm³/mol. The summed E-state index contributed by atoms with van der Waals surface area (Å²) in [6, 6.07) is 13.3. The number of hydrogen-bond acceptors (Lipinski definition) is 5. The van der Waals surface area contributed by atoms with Gasteiger partial charge in [0.1, 0.15) is 34.8 Å². The maximum absolute atomic E-state index is 12.3. The molecule has 0 saturated carbocycles. The fraction of sp³-hybridized carbons (Fsp3) is 0.111. The number of benzene rings is 2. The average molecular weight is 310 g/mol. The van der Waals surface area contributed by atoms with Crippen LogP contribution in [0.3, 0.4) is 0 Å². The SMILES string of the molecule is CC(=O)COc1cc(O)c2c(=O)cc(-c3ccccc3)oc2c1. The van der Waals surface area contributed by atoms with Crippen molar-refractivity contribution in [2.45, 2.75) is 6.92 Å².